The van der Waals surface area contributed by atoms with Crippen LogP contribution < -0.4 is 10.6 Å². The van der Waals surface area contributed by atoms with Gasteiger partial charge in [-0.2, -0.15) is 0 Å². The smallest absolute Gasteiger partial charge is 0.334 e. The number of carboxylic acids is 1. The number of carbonyl (C=O) groups excluding carboxylic acids is 1. The Kier molecular flexibility index (Phi) is 6.90. The average molecular weight is 467 g/mol. The van der Waals surface area contributed by atoms with Crippen molar-refractivity contribution in [1.82, 2.24) is 10.6 Å². The van der Waals surface area contributed by atoms with Crippen LogP contribution in [0, 0.1) is 0 Å². The molecule has 1 amide bonds. The minimum atomic E-state index is -1.05. The number of rotatable bonds is 6. The van der Waals surface area contributed by atoms with Gasteiger partial charge in [0.05, 0.1) is 11.5 Å². The molecule has 6 heteroatoms. The Morgan fingerprint density at radius 3 is 2.43 bits per heavy atom. The van der Waals surface area contributed by atoms with Gasteiger partial charge in [0.2, 0.25) is 0 Å². The molecule has 0 saturated carbocycles. The van der Waals surface area contributed by atoms with Crippen molar-refractivity contribution in [2.45, 2.75) is 26.2 Å². The number of amides is 1. The first-order chi connectivity index (χ1) is 14.4. The van der Waals surface area contributed by atoms with Crippen LogP contribution >= 0.6 is 15.9 Å². The van der Waals surface area contributed by atoms with Crippen LogP contribution in [0.15, 0.2) is 93.9 Å². The lowest BCUT2D eigenvalue weighted by atomic mass is 9.80. The molecule has 2 aromatic carbocycles. The highest BCUT2D eigenvalue weighted by molar-refractivity contribution is 9.10. The van der Waals surface area contributed by atoms with Gasteiger partial charge in [0.15, 0.2) is 0 Å². The Hall–Kier alpha value is -3.12. The normalized spacial score (nSPS) is 16.6. The van der Waals surface area contributed by atoms with Crippen molar-refractivity contribution in [3.05, 3.63) is 105 Å². The summed E-state index contributed by atoms with van der Waals surface area (Å²) in [5.41, 5.74) is 3.59. The summed E-state index contributed by atoms with van der Waals surface area (Å²) in [5, 5.41) is 15.7. The third-order valence-electron chi connectivity index (χ3n) is 4.95. The summed E-state index contributed by atoms with van der Waals surface area (Å²) in [6, 6.07) is 17.3. The van der Waals surface area contributed by atoms with Crippen LogP contribution in [0.1, 0.15) is 30.9 Å². The molecule has 0 saturated heterocycles. The minimum Gasteiger partial charge on any atom is -0.478 e. The SMILES string of the molecule is CC1=C(C(=O)O)C(c2cccc(Br)c2)C(C(=O)NC=CCc2ccccc2)=C(C)N1. The first-order valence-electron chi connectivity index (χ1n) is 9.55. The van der Waals surface area contributed by atoms with E-state index in [-0.39, 0.29) is 11.5 Å². The Labute approximate surface area is 184 Å². The number of carbonyl (C=O) groups is 2. The fourth-order valence-electron chi connectivity index (χ4n) is 3.62. The van der Waals surface area contributed by atoms with Crippen LogP contribution in [0.2, 0.25) is 0 Å². The molecule has 1 unspecified atom stereocenters. The van der Waals surface area contributed by atoms with Crippen molar-refractivity contribution < 1.29 is 14.7 Å². The zero-order chi connectivity index (χ0) is 21.7. The summed E-state index contributed by atoms with van der Waals surface area (Å²) in [6.07, 6.45) is 4.16. The molecule has 0 bridgehead atoms. The minimum absolute atomic E-state index is 0.164. The van der Waals surface area contributed by atoms with E-state index in [0.29, 0.717) is 23.4 Å². The van der Waals surface area contributed by atoms with E-state index in [1.165, 1.54) is 0 Å². The maximum absolute atomic E-state index is 13.1. The third kappa shape index (κ3) is 4.89. The van der Waals surface area contributed by atoms with Crippen LogP contribution in [0.5, 0.6) is 0 Å². The molecule has 3 rings (SSSR count). The second-order valence-corrected chi connectivity index (χ2v) is 7.98. The van der Waals surface area contributed by atoms with Gasteiger partial charge in [-0.3, -0.25) is 4.79 Å². The number of carboxylic acid groups (broad SMARTS) is 1. The predicted octanol–water partition coefficient (Wildman–Crippen LogP) is 4.64. The largest absolute Gasteiger partial charge is 0.478 e. The number of nitrogens with one attached hydrogen (secondary N) is 2. The Morgan fingerprint density at radius 1 is 1.07 bits per heavy atom. The maximum Gasteiger partial charge on any atom is 0.334 e. The summed E-state index contributed by atoms with van der Waals surface area (Å²) in [6.45, 7) is 3.50. The summed E-state index contributed by atoms with van der Waals surface area (Å²) in [7, 11) is 0. The molecule has 0 radical (unpaired) electrons. The molecule has 0 aromatic heterocycles. The van der Waals surface area contributed by atoms with E-state index in [4.69, 9.17) is 0 Å². The molecule has 30 heavy (non-hydrogen) atoms. The molecule has 154 valence electrons. The van der Waals surface area contributed by atoms with E-state index >= 15 is 0 Å². The topological polar surface area (TPSA) is 78.4 Å². The Bertz CT molecular complexity index is 1060. The van der Waals surface area contributed by atoms with E-state index in [0.717, 1.165) is 15.6 Å². The fourth-order valence-corrected chi connectivity index (χ4v) is 4.04. The van der Waals surface area contributed by atoms with Crippen LogP contribution in [0.3, 0.4) is 0 Å². The van der Waals surface area contributed by atoms with Gasteiger partial charge in [-0.1, -0.05) is 64.5 Å². The molecular formula is C24H23BrN2O3. The molecule has 0 spiro atoms. The average Bonchev–Trinajstić information content (AvgIpc) is 2.71. The van der Waals surface area contributed by atoms with Gasteiger partial charge >= 0.3 is 5.97 Å². The molecule has 1 atom stereocenters. The summed E-state index contributed by atoms with van der Waals surface area (Å²) >= 11 is 3.44. The zero-order valence-electron chi connectivity index (χ0n) is 16.8. The number of hydrogen-bond donors (Lipinski definition) is 3. The van der Waals surface area contributed by atoms with Gasteiger partial charge in [0.1, 0.15) is 0 Å². The number of benzene rings is 2. The molecule has 1 heterocycles. The summed E-state index contributed by atoms with van der Waals surface area (Å²) < 4.78 is 0.820. The van der Waals surface area contributed by atoms with Crippen molar-refractivity contribution >= 4 is 27.8 Å². The highest BCUT2D eigenvalue weighted by Gasteiger charge is 2.36. The van der Waals surface area contributed by atoms with Crippen LogP contribution in [-0.4, -0.2) is 17.0 Å². The van der Waals surface area contributed by atoms with Gasteiger partial charge < -0.3 is 15.7 Å². The predicted molar refractivity (Wildman–Crippen MR) is 120 cm³/mol. The highest BCUT2D eigenvalue weighted by atomic mass is 79.9. The molecule has 1 aliphatic rings. The van der Waals surface area contributed by atoms with Crippen molar-refractivity contribution in [1.29, 1.82) is 0 Å². The molecule has 2 aromatic rings. The van der Waals surface area contributed by atoms with E-state index in [9.17, 15) is 14.7 Å². The Morgan fingerprint density at radius 2 is 1.77 bits per heavy atom. The van der Waals surface area contributed by atoms with Crippen LogP contribution in [0.25, 0.3) is 0 Å². The number of halogens is 1. The van der Waals surface area contributed by atoms with Crippen molar-refractivity contribution in [3.63, 3.8) is 0 Å². The number of allylic oxidation sites excluding steroid dienone is 3. The lowest BCUT2D eigenvalue weighted by Gasteiger charge is -2.30. The Balaban J connectivity index is 1.89. The van der Waals surface area contributed by atoms with Gasteiger partial charge in [0, 0.05) is 27.6 Å². The summed E-state index contributed by atoms with van der Waals surface area (Å²) in [4.78, 5) is 25.1. The quantitative estimate of drug-likeness (QED) is 0.579. The first kappa shape index (κ1) is 21.6. The first-order valence-corrected chi connectivity index (χ1v) is 10.3. The second kappa shape index (κ2) is 9.59. The molecule has 1 aliphatic heterocycles. The number of dihydropyridines is 1. The van der Waals surface area contributed by atoms with E-state index < -0.39 is 11.9 Å². The van der Waals surface area contributed by atoms with E-state index in [1.807, 2.05) is 60.7 Å². The molecule has 3 N–H and O–H groups in total. The van der Waals surface area contributed by atoms with Crippen molar-refractivity contribution in [3.8, 4) is 0 Å². The van der Waals surface area contributed by atoms with Crippen LogP contribution in [-0.2, 0) is 16.0 Å². The van der Waals surface area contributed by atoms with E-state index in [2.05, 4.69) is 26.6 Å². The summed E-state index contributed by atoms with van der Waals surface area (Å²) in [5.74, 6) is -2.06. The van der Waals surface area contributed by atoms with Gasteiger partial charge in [-0.25, -0.2) is 4.79 Å². The second-order valence-electron chi connectivity index (χ2n) is 7.06. The maximum atomic E-state index is 13.1. The lowest BCUT2D eigenvalue weighted by Crippen LogP contribution is -2.34. The fraction of sp³-hybridized carbons (Fsp3) is 0.167. The molecule has 0 aliphatic carbocycles. The van der Waals surface area contributed by atoms with Crippen molar-refractivity contribution in [2.75, 3.05) is 0 Å². The van der Waals surface area contributed by atoms with Gasteiger partial charge in [-0.05, 0) is 43.5 Å². The van der Waals surface area contributed by atoms with Gasteiger partial charge in [-0.15, -0.1) is 0 Å². The molecule has 0 fully saturated rings. The van der Waals surface area contributed by atoms with Crippen LogP contribution in [0.4, 0.5) is 0 Å². The zero-order valence-corrected chi connectivity index (χ0v) is 18.4. The standard InChI is InChI=1S/C24H23BrN2O3/c1-15-20(23(28)26-13-7-10-17-8-4-3-5-9-17)22(18-11-6-12-19(25)14-18)21(24(29)30)16(2)27-15/h3-9,11-14,22,27H,10H2,1-2H3,(H,26,28)(H,29,30). The molecule has 5 nitrogen and oxygen atoms in total. The lowest BCUT2D eigenvalue weighted by molar-refractivity contribution is -0.133. The third-order valence-corrected chi connectivity index (χ3v) is 5.44. The van der Waals surface area contributed by atoms with Crippen molar-refractivity contribution in [2.24, 2.45) is 0 Å². The number of aliphatic carboxylic acids is 1. The highest BCUT2D eigenvalue weighted by Crippen LogP contribution is 2.38. The van der Waals surface area contributed by atoms with E-state index in [1.54, 1.807) is 20.0 Å². The number of hydrogen-bond acceptors (Lipinski definition) is 3. The van der Waals surface area contributed by atoms with Gasteiger partial charge in [0.25, 0.3) is 5.91 Å². The molecular weight excluding hydrogens is 444 g/mol. The monoisotopic (exact) mass is 466 g/mol.